The second-order valence-corrected chi connectivity index (χ2v) is 5.25. The van der Waals surface area contributed by atoms with Crippen molar-refractivity contribution in [3.05, 3.63) is 51.2 Å². The molecule has 0 fully saturated rings. The van der Waals surface area contributed by atoms with Crippen molar-refractivity contribution in [3.8, 4) is 0 Å². The molecule has 0 aliphatic rings. The van der Waals surface area contributed by atoms with Gasteiger partial charge in [0.2, 0.25) is 0 Å². The highest BCUT2D eigenvalue weighted by molar-refractivity contribution is 7.13. The zero-order valence-electron chi connectivity index (χ0n) is 10.8. The molecule has 1 heterocycles. The Morgan fingerprint density at radius 1 is 1.30 bits per heavy atom. The van der Waals surface area contributed by atoms with Gasteiger partial charge in [0.05, 0.1) is 11.3 Å². The maximum Gasteiger partial charge on any atom is 0.348 e. The number of nitrogens with two attached hydrogens (primary N) is 1. The van der Waals surface area contributed by atoms with Crippen LogP contribution in [-0.4, -0.2) is 17.0 Å². The van der Waals surface area contributed by atoms with E-state index in [4.69, 9.17) is 10.8 Å². The van der Waals surface area contributed by atoms with Crippen molar-refractivity contribution in [2.45, 2.75) is 13.5 Å². The maximum atomic E-state index is 12.0. The lowest BCUT2D eigenvalue weighted by atomic mass is 10.1. The largest absolute Gasteiger partial charge is 0.477 e. The molecule has 0 aliphatic heterocycles. The van der Waals surface area contributed by atoms with Gasteiger partial charge in [-0.3, -0.25) is 4.79 Å². The standard InChI is InChI=1S/C14H14N2O3S/c1-8-2-4-9(5-3-8)6-16-13(17)10-7-20-12(11(10)15)14(18)19/h2-5,7H,6,15H2,1H3,(H,16,17)(H,18,19). The number of carboxylic acids is 1. The predicted molar refractivity (Wildman–Crippen MR) is 78.0 cm³/mol. The number of benzene rings is 1. The third kappa shape index (κ3) is 2.97. The number of hydrogen-bond donors (Lipinski definition) is 3. The highest BCUT2D eigenvalue weighted by Crippen LogP contribution is 2.25. The van der Waals surface area contributed by atoms with E-state index < -0.39 is 5.97 Å². The zero-order valence-corrected chi connectivity index (χ0v) is 11.7. The number of hydrogen-bond acceptors (Lipinski definition) is 4. The molecule has 104 valence electrons. The van der Waals surface area contributed by atoms with E-state index in [-0.39, 0.29) is 22.0 Å². The van der Waals surface area contributed by atoms with Crippen LogP contribution in [0.4, 0.5) is 5.69 Å². The summed E-state index contributed by atoms with van der Waals surface area (Å²) in [5.74, 6) is -1.49. The second kappa shape index (κ2) is 5.75. The fraction of sp³-hybridized carbons (Fsp3) is 0.143. The number of nitrogens with one attached hydrogen (secondary N) is 1. The summed E-state index contributed by atoms with van der Waals surface area (Å²) in [6.07, 6.45) is 0. The van der Waals surface area contributed by atoms with Crippen LogP contribution in [0.2, 0.25) is 0 Å². The summed E-state index contributed by atoms with van der Waals surface area (Å²) in [4.78, 5) is 22.8. The van der Waals surface area contributed by atoms with Crippen LogP contribution in [-0.2, 0) is 6.54 Å². The summed E-state index contributed by atoms with van der Waals surface area (Å²) in [6, 6.07) is 7.77. The van der Waals surface area contributed by atoms with Gasteiger partial charge in [-0.2, -0.15) is 0 Å². The van der Waals surface area contributed by atoms with Gasteiger partial charge < -0.3 is 16.2 Å². The SMILES string of the molecule is Cc1ccc(CNC(=O)c2csc(C(=O)O)c2N)cc1. The Morgan fingerprint density at radius 2 is 1.95 bits per heavy atom. The van der Waals surface area contributed by atoms with Crippen molar-refractivity contribution < 1.29 is 14.7 Å². The van der Waals surface area contributed by atoms with E-state index in [0.717, 1.165) is 22.5 Å². The molecule has 1 aromatic heterocycles. The van der Waals surface area contributed by atoms with Gasteiger partial charge in [-0.25, -0.2) is 4.79 Å². The predicted octanol–water partition coefficient (Wildman–Crippen LogP) is 2.27. The summed E-state index contributed by atoms with van der Waals surface area (Å²) in [6.45, 7) is 2.36. The highest BCUT2D eigenvalue weighted by atomic mass is 32.1. The molecule has 6 heteroatoms. The molecule has 0 saturated heterocycles. The molecule has 1 aromatic carbocycles. The van der Waals surface area contributed by atoms with Crippen LogP contribution in [0.25, 0.3) is 0 Å². The monoisotopic (exact) mass is 290 g/mol. The second-order valence-electron chi connectivity index (χ2n) is 4.37. The van der Waals surface area contributed by atoms with Crippen molar-refractivity contribution in [1.29, 1.82) is 0 Å². The molecular weight excluding hydrogens is 276 g/mol. The number of nitrogen functional groups attached to an aromatic ring is 1. The molecule has 4 N–H and O–H groups in total. The third-order valence-electron chi connectivity index (χ3n) is 2.84. The van der Waals surface area contributed by atoms with Gasteiger partial charge in [-0.15, -0.1) is 11.3 Å². The van der Waals surface area contributed by atoms with Crippen molar-refractivity contribution in [2.75, 3.05) is 5.73 Å². The van der Waals surface area contributed by atoms with Crippen molar-refractivity contribution in [1.82, 2.24) is 5.32 Å². The minimum absolute atomic E-state index is 0.00881. The molecule has 0 unspecified atom stereocenters. The van der Waals surface area contributed by atoms with Crippen LogP contribution in [0.15, 0.2) is 29.6 Å². The molecule has 0 spiro atoms. The van der Waals surface area contributed by atoms with Gasteiger partial charge in [0.15, 0.2) is 0 Å². The maximum absolute atomic E-state index is 12.0. The molecule has 20 heavy (non-hydrogen) atoms. The molecule has 0 atom stereocenters. The minimum Gasteiger partial charge on any atom is -0.477 e. The van der Waals surface area contributed by atoms with Crippen LogP contribution in [0.1, 0.15) is 31.2 Å². The van der Waals surface area contributed by atoms with Crippen LogP contribution in [0.5, 0.6) is 0 Å². The van der Waals surface area contributed by atoms with E-state index >= 15 is 0 Å². The van der Waals surface area contributed by atoms with Gasteiger partial charge in [0, 0.05) is 11.9 Å². The molecular formula is C14H14N2O3S. The van der Waals surface area contributed by atoms with Gasteiger partial charge in [-0.1, -0.05) is 29.8 Å². The number of aryl methyl sites for hydroxylation is 1. The Bertz CT molecular complexity index is 647. The van der Waals surface area contributed by atoms with E-state index in [1.165, 1.54) is 5.38 Å². The highest BCUT2D eigenvalue weighted by Gasteiger charge is 2.19. The number of aromatic carboxylic acids is 1. The molecule has 1 amide bonds. The first kappa shape index (κ1) is 14.1. The number of rotatable bonds is 4. The van der Waals surface area contributed by atoms with Gasteiger partial charge >= 0.3 is 5.97 Å². The fourth-order valence-electron chi connectivity index (χ4n) is 1.69. The lowest BCUT2D eigenvalue weighted by molar-refractivity contribution is 0.0703. The first-order valence-electron chi connectivity index (χ1n) is 5.93. The van der Waals surface area contributed by atoms with Crippen LogP contribution in [0, 0.1) is 6.92 Å². The van der Waals surface area contributed by atoms with Gasteiger partial charge in [0.1, 0.15) is 4.88 Å². The smallest absolute Gasteiger partial charge is 0.348 e. The summed E-state index contributed by atoms with van der Waals surface area (Å²) >= 11 is 0.951. The van der Waals surface area contributed by atoms with Crippen molar-refractivity contribution in [3.63, 3.8) is 0 Å². The molecule has 2 aromatic rings. The average Bonchev–Trinajstić information content (AvgIpc) is 2.80. The Balaban J connectivity index is 2.05. The Kier molecular flexibility index (Phi) is 4.05. The number of carbonyl (C=O) groups is 2. The Hall–Kier alpha value is -2.34. The van der Waals surface area contributed by atoms with Crippen LogP contribution >= 0.6 is 11.3 Å². The first-order chi connectivity index (χ1) is 9.49. The Labute approximate surface area is 120 Å². The molecule has 0 saturated carbocycles. The number of carbonyl (C=O) groups excluding carboxylic acids is 1. The third-order valence-corrected chi connectivity index (χ3v) is 3.83. The van der Waals surface area contributed by atoms with E-state index in [2.05, 4.69) is 5.32 Å². The topological polar surface area (TPSA) is 92.4 Å². The summed E-state index contributed by atoms with van der Waals surface area (Å²) in [5.41, 5.74) is 8.00. The quantitative estimate of drug-likeness (QED) is 0.805. The summed E-state index contributed by atoms with van der Waals surface area (Å²) in [7, 11) is 0. The van der Waals surface area contributed by atoms with Crippen LogP contribution in [0.3, 0.4) is 0 Å². The fourth-order valence-corrected chi connectivity index (χ4v) is 2.50. The average molecular weight is 290 g/mol. The van der Waals surface area contributed by atoms with Gasteiger partial charge in [0.25, 0.3) is 5.91 Å². The molecule has 5 nitrogen and oxygen atoms in total. The van der Waals surface area contributed by atoms with Crippen molar-refractivity contribution >= 4 is 28.9 Å². The number of thiophene rings is 1. The lowest BCUT2D eigenvalue weighted by Gasteiger charge is -2.05. The van der Waals surface area contributed by atoms with E-state index in [1.54, 1.807) is 0 Å². The normalized spacial score (nSPS) is 10.2. The molecule has 0 radical (unpaired) electrons. The van der Waals surface area contributed by atoms with E-state index in [0.29, 0.717) is 6.54 Å². The molecule has 0 aliphatic carbocycles. The van der Waals surface area contributed by atoms with Crippen molar-refractivity contribution in [2.24, 2.45) is 0 Å². The summed E-state index contributed by atoms with van der Waals surface area (Å²) in [5, 5.41) is 13.1. The minimum atomic E-state index is -1.12. The zero-order chi connectivity index (χ0) is 14.7. The molecule has 0 bridgehead atoms. The summed E-state index contributed by atoms with van der Waals surface area (Å²) < 4.78 is 0. The first-order valence-corrected chi connectivity index (χ1v) is 6.81. The number of carboxylic acid groups (broad SMARTS) is 1. The van der Waals surface area contributed by atoms with Crippen LogP contribution < -0.4 is 11.1 Å². The van der Waals surface area contributed by atoms with E-state index in [1.807, 2.05) is 31.2 Å². The van der Waals surface area contributed by atoms with E-state index in [9.17, 15) is 9.59 Å². The van der Waals surface area contributed by atoms with Gasteiger partial charge in [-0.05, 0) is 12.5 Å². The lowest BCUT2D eigenvalue weighted by Crippen LogP contribution is -2.23. The molecule has 2 rings (SSSR count). The Morgan fingerprint density at radius 3 is 2.50 bits per heavy atom. The number of anilines is 1. The number of amides is 1.